The standard InChI is InChI=1S/C20H29N3O3/c1-14(21-19(26)20(2,3)4)17(24)22-16-11-7-6-10-15(16)18(25)23-12-8-5-9-13-23/h6-7,10-11,14H,5,8-9,12-13H2,1-4H3,(H,21,26)(H,22,24). The Kier molecular flexibility index (Phi) is 6.40. The number of nitrogens with one attached hydrogen (secondary N) is 2. The van der Waals surface area contributed by atoms with E-state index in [1.54, 1.807) is 52.0 Å². The second kappa shape index (κ2) is 8.34. The summed E-state index contributed by atoms with van der Waals surface area (Å²) in [5.41, 5.74) is 0.387. The van der Waals surface area contributed by atoms with Crippen LogP contribution in [-0.4, -0.2) is 41.8 Å². The third-order valence-electron chi connectivity index (χ3n) is 4.48. The first-order valence-corrected chi connectivity index (χ1v) is 9.20. The van der Waals surface area contributed by atoms with Crippen LogP contribution >= 0.6 is 0 Å². The van der Waals surface area contributed by atoms with Gasteiger partial charge in [-0.05, 0) is 38.3 Å². The second-order valence-corrected chi connectivity index (χ2v) is 7.83. The number of hydrogen-bond donors (Lipinski definition) is 2. The first kappa shape index (κ1) is 19.9. The molecule has 0 spiro atoms. The average Bonchev–Trinajstić information content (AvgIpc) is 2.61. The van der Waals surface area contributed by atoms with Crippen molar-refractivity contribution in [3.05, 3.63) is 29.8 Å². The van der Waals surface area contributed by atoms with E-state index >= 15 is 0 Å². The largest absolute Gasteiger partial charge is 0.344 e. The molecule has 6 nitrogen and oxygen atoms in total. The number of hydrogen-bond acceptors (Lipinski definition) is 3. The number of piperidine rings is 1. The summed E-state index contributed by atoms with van der Waals surface area (Å²) in [6.07, 6.45) is 3.17. The number of benzene rings is 1. The Morgan fingerprint density at radius 1 is 1.04 bits per heavy atom. The van der Waals surface area contributed by atoms with Crippen LogP contribution in [0.5, 0.6) is 0 Å². The van der Waals surface area contributed by atoms with Crippen LogP contribution in [0.25, 0.3) is 0 Å². The lowest BCUT2D eigenvalue weighted by molar-refractivity contribution is -0.131. The van der Waals surface area contributed by atoms with Crippen LogP contribution < -0.4 is 10.6 Å². The van der Waals surface area contributed by atoms with Crippen LogP contribution in [0.3, 0.4) is 0 Å². The van der Waals surface area contributed by atoms with Gasteiger partial charge in [-0.2, -0.15) is 0 Å². The van der Waals surface area contributed by atoms with Gasteiger partial charge in [-0.25, -0.2) is 0 Å². The van der Waals surface area contributed by atoms with Gasteiger partial charge in [0.15, 0.2) is 0 Å². The van der Waals surface area contributed by atoms with Gasteiger partial charge in [-0.3, -0.25) is 14.4 Å². The maximum absolute atomic E-state index is 12.8. The summed E-state index contributed by atoms with van der Waals surface area (Å²) in [5.74, 6) is -0.605. The van der Waals surface area contributed by atoms with Crippen molar-refractivity contribution in [2.24, 2.45) is 5.41 Å². The molecule has 0 saturated carbocycles. The predicted molar refractivity (Wildman–Crippen MR) is 102 cm³/mol. The summed E-state index contributed by atoms with van der Waals surface area (Å²) in [6, 6.07) is 6.32. The highest BCUT2D eigenvalue weighted by Crippen LogP contribution is 2.20. The monoisotopic (exact) mass is 359 g/mol. The lowest BCUT2D eigenvalue weighted by Crippen LogP contribution is -2.46. The van der Waals surface area contributed by atoms with Crippen molar-refractivity contribution in [1.82, 2.24) is 10.2 Å². The zero-order valence-electron chi connectivity index (χ0n) is 16.1. The molecule has 1 fully saturated rings. The van der Waals surface area contributed by atoms with E-state index in [1.807, 2.05) is 4.90 Å². The fourth-order valence-electron chi connectivity index (χ4n) is 2.77. The van der Waals surface area contributed by atoms with Gasteiger partial charge in [0.05, 0.1) is 11.3 Å². The third kappa shape index (κ3) is 5.07. The maximum atomic E-state index is 12.8. The molecule has 1 aliphatic rings. The fourth-order valence-corrected chi connectivity index (χ4v) is 2.77. The predicted octanol–water partition coefficient (Wildman–Crippen LogP) is 2.80. The van der Waals surface area contributed by atoms with Crippen molar-refractivity contribution >= 4 is 23.4 Å². The lowest BCUT2D eigenvalue weighted by Gasteiger charge is -2.27. The van der Waals surface area contributed by atoms with Gasteiger partial charge in [0.25, 0.3) is 5.91 Å². The average molecular weight is 359 g/mol. The highest BCUT2D eigenvalue weighted by atomic mass is 16.2. The van der Waals surface area contributed by atoms with Crippen LogP contribution in [0.1, 0.15) is 57.3 Å². The molecule has 0 aliphatic carbocycles. The Labute approximate surface area is 155 Å². The van der Waals surface area contributed by atoms with E-state index in [9.17, 15) is 14.4 Å². The van der Waals surface area contributed by atoms with Crippen LogP contribution in [0.15, 0.2) is 24.3 Å². The summed E-state index contributed by atoms with van der Waals surface area (Å²) in [6.45, 7) is 8.50. The van der Waals surface area contributed by atoms with Crippen LogP contribution in [-0.2, 0) is 9.59 Å². The number of nitrogens with zero attached hydrogens (tertiary/aromatic N) is 1. The maximum Gasteiger partial charge on any atom is 0.255 e. The van der Waals surface area contributed by atoms with Crippen LogP contribution in [0.2, 0.25) is 0 Å². The third-order valence-corrected chi connectivity index (χ3v) is 4.48. The van der Waals surface area contributed by atoms with E-state index < -0.39 is 11.5 Å². The Morgan fingerprint density at radius 2 is 1.65 bits per heavy atom. The van der Waals surface area contributed by atoms with Crippen molar-refractivity contribution in [2.45, 2.75) is 53.0 Å². The van der Waals surface area contributed by atoms with E-state index in [-0.39, 0.29) is 17.7 Å². The zero-order valence-corrected chi connectivity index (χ0v) is 16.1. The van der Waals surface area contributed by atoms with Crippen molar-refractivity contribution in [1.29, 1.82) is 0 Å². The van der Waals surface area contributed by atoms with Gasteiger partial charge in [0, 0.05) is 18.5 Å². The van der Waals surface area contributed by atoms with Crippen molar-refractivity contribution in [3.8, 4) is 0 Å². The van der Waals surface area contributed by atoms with Gasteiger partial charge in [-0.15, -0.1) is 0 Å². The molecule has 1 aromatic carbocycles. The second-order valence-electron chi connectivity index (χ2n) is 7.83. The highest BCUT2D eigenvalue weighted by molar-refractivity contribution is 6.05. The normalized spacial score (nSPS) is 15.9. The van der Waals surface area contributed by atoms with E-state index in [0.717, 1.165) is 32.4 Å². The summed E-state index contributed by atoms with van der Waals surface area (Å²) in [7, 11) is 0. The van der Waals surface area contributed by atoms with E-state index in [4.69, 9.17) is 0 Å². The molecule has 1 aromatic rings. The quantitative estimate of drug-likeness (QED) is 0.868. The molecule has 26 heavy (non-hydrogen) atoms. The zero-order chi connectivity index (χ0) is 19.3. The molecular weight excluding hydrogens is 330 g/mol. The molecule has 1 unspecified atom stereocenters. The minimum Gasteiger partial charge on any atom is -0.344 e. The molecule has 2 rings (SSSR count). The van der Waals surface area contributed by atoms with Gasteiger partial charge >= 0.3 is 0 Å². The van der Waals surface area contributed by atoms with Gasteiger partial charge in [-0.1, -0.05) is 32.9 Å². The Morgan fingerprint density at radius 3 is 2.27 bits per heavy atom. The summed E-state index contributed by atoms with van der Waals surface area (Å²) >= 11 is 0. The van der Waals surface area contributed by atoms with Crippen molar-refractivity contribution < 1.29 is 14.4 Å². The number of rotatable bonds is 4. The van der Waals surface area contributed by atoms with Crippen LogP contribution in [0, 0.1) is 5.41 Å². The smallest absolute Gasteiger partial charge is 0.255 e. The molecule has 6 heteroatoms. The molecule has 0 bridgehead atoms. The minimum absolute atomic E-state index is 0.0630. The SMILES string of the molecule is CC(NC(=O)C(C)(C)C)C(=O)Nc1ccccc1C(=O)N1CCCCC1. The van der Waals surface area contributed by atoms with E-state index in [2.05, 4.69) is 10.6 Å². The topological polar surface area (TPSA) is 78.5 Å². The number of carbonyl (C=O) groups excluding carboxylic acids is 3. The molecule has 142 valence electrons. The fraction of sp³-hybridized carbons (Fsp3) is 0.550. The van der Waals surface area contributed by atoms with E-state index in [1.165, 1.54) is 0 Å². The lowest BCUT2D eigenvalue weighted by atomic mass is 9.95. The number of carbonyl (C=O) groups is 3. The molecule has 1 saturated heterocycles. The molecule has 3 amide bonds. The molecule has 1 aliphatic heterocycles. The number of anilines is 1. The summed E-state index contributed by atoms with van der Waals surface area (Å²) < 4.78 is 0. The Bertz CT molecular complexity index is 673. The van der Waals surface area contributed by atoms with E-state index in [0.29, 0.717) is 11.3 Å². The summed E-state index contributed by atoms with van der Waals surface area (Å²) in [4.78, 5) is 39.2. The van der Waals surface area contributed by atoms with Gasteiger partial charge < -0.3 is 15.5 Å². The van der Waals surface area contributed by atoms with Crippen LogP contribution in [0.4, 0.5) is 5.69 Å². The van der Waals surface area contributed by atoms with Crippen molar-refractivity contribution in [3.63, 3.8) is 0 Å². The van der Waals surface area contributed by atoms with Gasteiger partial charge in [0.2, 0.25) is 11.8 Å². The first-order valence-electron chi connectivity index (χ1n) is 9.20. The Balaban J connectivity index is 2.08. The summed E-state index contributed by atoms with van der Waals surface area (Å²) in [5, 5.41) is 5.49. The first-order chi connectivity index (χ1) is 12.2. The molecule has 0 aromatic heterocycles. The minimum atomic E-state index is -0.695. The number of para-hydroxylation sites is 1. The molecule has 1 atom stereocenters. The Hall–Kier alpha value is -2.37. The number of amides is 3. The van der Waals surface area contributed by atoms with Crippen molar-refractivity contribution in [2.75, 3.05) is 18.4 Å². The molecule has 2 N–H and O–H groups in total. The molecule has 1 heterocycles. The molecule has 0 radical (unpaired) electrons. The molecular formula is C20H29N3O3. The number of likely N-dealkylation sites (tertiary alicyclic amines) is 1. The highest BCUT2D eigenvalue weighted by Gasteiger charge is 2.26. The van der Waals surface area contributed by atoms with Gasteiger partial charge in [0.1, 0.15) is 6.04 Å².